The van der Waals surface area contributed by atoms with E-state index in [1.165, 1.54) is 11.0 Å². The van der Waals surface area contributed by atoms with Crippen LogP contribution in [0.3, 0.4) is 0 Å². The first-order valence-corrected chi connectivity index (χ1v) is 28.6. The van der Waals surface area contributed by atoms with Crippen molar-refractivity contribution in [1.29, 1.82) is 0 Å². The molecule has 22 heteroatoms. The largest absolute Gasteiger partial charge is 0.391 e. The van der Waals surface area contributed by atoms with E-state index in [4.69, 9.17) is 14.5 Å². The summed E-state index contributed by atoms with van der Waals surface area (Å²) in [5.41, 5.74) is 8.27. The lowest BCUT2D eigenvalue weighted by Gasteiger charge is -2.35. The summed E-state index contributed by atoms with van der Waals surface area (Å²) in [4.78, 5) is 74.2. The van der Waals surface area contributed by atoms with Gasteiger partial charge >= 0.3 is 6.03 Å². The number of carbonyl (C=O) groups excluding carboxylic acids is 4. The number of aliphatic hydroxyl groups is 1. The molecule has 5 heterocycles. The molecule has 4 atom stereocenters. The van der Waals surface area contributed by atoms with Crippen molar-refractivity contribution in [1.82, 2.24) is 55.8 Å². The number of fused-ring (bicyclic) bond motifs is 1. The quantitative estimate of drug-likeness (QED) is 0.0251. The topological polar surface area (TPSA) is 253 Å². The summed E-state index contributed by atoms with van der Waals surface area (Å²) in [6.07, 6.45) is 9.19. The average molecular weight is 1120 g/mol. The van der Waals surface area contributed by atoms with E-state index in [0.717, 1.165) is 71.3 Å². The Morgan fingerprint density at radius 2 is 1.66 bits per heavy atom. The van der Waals surface area contributed by atoms with Crippen LogP contribution < -0.4 is 26.6 Å². The molecule has 80 heavy (non-hydrogen) atoms. The second-order valence-electron chi connectivity index (χ2n) is 21.6. The second kappa shape index (κ2) is 28.9. The molecule has 0 aliphatic carbocycles. The van der Waals surface area contributed by atoms with E-state index in [0.29, 0.717) is 79.8 Å². The number of halogens is 1. The third-order valence-electron chi connectivity index (χ3n) is 14.0. The van der Waals surface area contributed by atoms with Crippen molar-refractivity contribution in [3.05, 3.63) is 94.4 Å². The molecule has 5 amide bonds. The molecule has 7 rings (SSSR count). The molecule has 1 fully saturated rings. The molecular weight excluding hydrogens is 1040 g/mol. The lowest BCUT2D eigenvalue weighted by Crippen LogP contribution is -2.57. The van der Waals surface area contributed by atoms with Gasteiger partial charge in [0.05, 0.1) is 66.5 Å². The van der Waals surface area contributed by atoms with E-state index >= 15 is 0 Å². The summed E-state index contributed by atoms with van der Waals surface area (Å²) < 4.78 is 28.2. The monoisotopic (exact) mass is 1120 g/mol. The highest BCUT2D eigenvalue weighted by molar-refractivity contribution is 7.13. The maximum absolute atomic E-state index is 15.0. The summed E-state index contributed by atoms with van der Waals surface area (Å²) in [6, 6.07) is 10.3. The van der Waals surface area contributed by atoms with Crippen LogP contribution in [0.5, 0.6) is 0 Å². The summed E-state index contributed by atoms with van der Waals surface area (Å²) in [7, 11) is 0. The molecule has 430 valence electrons. The number of likely N-dealkylation sites (tertiary alicyclic amines) is 1. The number of unbranched alkanes of at least 4 members (excludes halogenated alkanes) is 5. The van der Waals surface area contributed by atoms with Gasteiger partial charge in [-0.15, -0.1) is 16.4 Å². The number of benzene rings is 2. The maximum atomic E-state index is 15.0. The minimum atomic E-state index is -0.902. The second-order valence-corrected chi connectivity index (χ2v) is 22.4. The number of nitrogens with one attached hydrogen (secondary N) is 5. The Morgan fingerprint density at radius 1 is 0.887 bits per heavy atom. The number of urea groups is 1. The van der Waals surface area contributed by atoms with Gasteiger partial charge in [-0.25, -0.2) is 24.1 Å². The Kier molecular flexibility index (Phi) is 21.9. The van der Waals surface area contributed by atoms with Gasteiger partial charge in [-0.3, -0.25) is 19.1 Å². The fourth-order valence-corrected chi connectivity index (χ4v) is 10.3. The number of anilines is 2. The molecule has 0 saturated carbocycles. The molecule has 0 spiro atoms. The smallest absolute Gasteiger partial charge is 0.319 e. The highest BCUT2D eigenvalue weighted by Crippen LogP contribution is 2.33. The van der Waals surface area contributed by atoms with Crippen LogP contribution in [0.2, 0.25) is 0 Å². The predicted octanol–water partition coefficient (Wildman–Crippen LogP) is 8.75. The van der Waals surface area contributed by atoms with Gasteiger partial charge in [0, 0.05) is 61.9 Å². The number of carbonyl (C=O) groups is 4. The van der Waals surface area contributed by atoms with Crippen molar-refractivity contribution in [2.75, 3.05) is 50.1 Å². The Labute approximate surface area is 471 Å². The first-order valence-electron chi connectivity index (χ1n) is 27.7. The summed E-state index contributed by atoms with van der Waals surface area (Å²) in [6.45, 7) is 18.2. The number of aryl methyl sites for hydroxylation is 4. The number of amides is 5. The van der Waals surface area contributed by atoms with Crippen LogP contribution in [0.4, 0.5) is 20.8 Å². The van der Waals surface area contributed by atoms with Crippen molar-refractivity contribution in [3.63, 3.8) is 0 Å². The molecular formula is C58H78FN13O7S. The minimum absolute atomic E-state index is 0.000721. The number of nitrogens with zero attached hydrogens (tertiary/aromatic N) is 8. The molecule has 0 unspecified atom stereocenters. The predicted molar refractivity (Wildman–Crippen MR) is 307 cm³/mol. The van der Waals surface area contributed by atoms with Gasteiger partial charge in [-0.2, -0.15) is 4.98 Å². The molecule has 2 aromatic carbocycles. The Hall–Kier alpha value is -7.01. The van der Waals surface area contributed by atoms with Crippen LogP contribution in [0.25, 0.3) is 32.6 Å². The molecule has 6 N–H and O–H groups in total. The zero-order valence-corrected chi connectivity index (χ0v) is 48.2. The van der Waals surface area contributed by atoms with E-state index in [1.54, 1.807) is 28.3 Å². The maximum Gasteiger partial charge on any atom is 0.319 e. The summed E-state index contributed by atoms with van der Waals surface area (Å²) in [5, 5.41) is 34.4. The molecule has 0 bridgehead atoms. The van der Waals surface area contributed by atoms with Gasteiger partial charge in [-0.1, -0.05) is 82.9 Å². The molecule has 0 radical (unpaired) electrons. The number of thiazole rings is 1. The molecule has 1 saturated heterocycles. The van der Waals surface area contributed by atoms with Gasteiger partial charge in [0.25, 0.3) is 0 Å². The normalized spacial score (nSPS) is 15.2. The Balaban J connectivity index is 0.765. The van der Waals surface area contributed by atoms with Gasteiger partial charge in [-0.05, 0) is 92.8 Å². The fraction of sp³-hybridized carbons (Fsp3) is 0.517. The zero-order valence-electron chi connectivity index (χ0n) is 47.4. The zero-order chi connectivity index (χ0) is 57.3. The van der Waals surface area contributed by atoms with E-state index in [-0.39, 0.29) is 49.5 Å². The minimum Gasteiger partial charge on any atom is -0.391 e. The number of hydrogen-bond donors (Lipinski definition) is 6. The average Bonchev–Trinajstić information content (AvgIpc) is 4.21. The summed E-state index contributed by atoms with van der Waals surface area (Å²) >= 11 is 1.58. The van der Waals surface area contributed by atoms with E-state index in [9.17, 15) is 28.7 Å². The highest BCUT2D eigenvalue weighted by atomic mass is 32.1. The molecule has 1 aliphatic heterocycles. The first-order chi connectivity index (χ1) is 38.4. The van der Waals surface area contributed by atoms with Crippen LogP contribution in [-0.2, 0) is 37.0 Å². The standard InChI is InChI=1S/C58H78FN13O7S/c1-9-10-11-14-21-61-57(77)66-48-30-45(36(2)27-47(48)59)46-28-42-31-62-56(68-53(42)64-38(46)4)60-22-24-78-25-26-79-34-43-32-71(70-69-43)23-15-12-13-16-50(74)67-52(58(6,7)8)55(76)72-33-44(73)29-49(72)54(75)65-37(3)40-17-19-41(20-18-40)51-39(5)63-35-80-51/h17-20,27-28,30-32,35,37,44,49,52,73H,9-16,21-26,29,33-34H2,1-8H3,(H,65,75)(H,67,74)(H2,61,66,77)(H,60,62,64,68)/t37-,44+,49-,52-/m0/s1. The molecule has 1 aliphatic rings. The lowest BCUT2D eigenvalue weighted by atomic mass is 9.85. The van der Waals surface area contributed by atoms with Crippen molar-refractivity contribution in [2.45, 2.75) is 151 Å². The number of aliphatic hydroxyl groups excluding tert-OH is 1. The molecule has 6 aromatic rings. The van der Waals surface area contributed by atoms with Crippen molar-refractivity contribution in [2.24, 2.45) is 5.41 Å². The fourth-order valence-electron chi connectivity index (χ4n) is 9.52. The Bertz CT molecular complexity index is 3040. The van der Waals surface area contributed by atoms with Crippen LogP contribution >= 0.6 is 11.3 Å². The van der Waals surface area contributed by atoms with Crippen molar-refractivity contribution >= 4 is 57.8 Å². The van der Waals surface area contributed by atoms with E-state index in [1.807, 2.05) is 90.5 Å². The molecule has 20 nitrogen and oxygen atoms in total. The Morgan fingerprint density at radius 3 is 2.41 bits per heavy atom. The number of hydrogen-bond acceptors (Lipinski definition) is 15. The van der Waals surface area contributed by atoms with Gasteiger partial charge in [0.1, 0.15) is 23.6 Å². The number of pyridine rings is 1. The lowest BCUT2D eigenvalue weighted by molar-refractivity contribution is -0.144. The SMILES string of the molecule is CCCCCCNC(=O)Nc1cc(-c2cc3cnc(NCCOCCOCc4cn(CCCCCC(=O)N[C@@H](C(=O)N5C[C@H](O)C[C@H]5C(=O)N[C@@H](C)c5ccc(-c6scnc6C)cc5)C(C)(C)C)nn4)nc3nc2C)c(C)cc1F. The van der Waals surface area contributed by atoms with E-state index < -0.39 is 41.4 Å². The number of rotatable bonds is 28. The van der Waals surface area contributed by atoms with E-state index in [2.05, 4.69) is 58.8 Å². The molecule has 4 aromatic heterocycles. The number of aromatic nitrogens is 7. The highest BCUT2D eigenvalue weighted by Gasteiger charge is 2.44. The summed E-state index contributed by atoms with van der Waals surface area (Å²) in [5.74, 6) is -1.12. The van der Waals surface area contributed by atoms with Crippen LogP contribution in [-0.4, -0.2) is 126 Å². The van der Waals surface area contributed by atoms with Crippen molar-refractivity contribution in [3.8, 4) is 21.6 Å². The number of β-amino-alcohol motifs (C(OH)–C–C–N with tert-alkyl or cyclic N) is 1. The van der Waals surface area contributed by atoms with Crippen LogP contribution in [0.15, 0.2) is 60.4 Å². The van der Waals surface area contributed by atoms with Crippen LogP contribution in [0.1, 0.15) is 127 Å². The van der Waals surface area contributed by atoms with Gasteiger partial charge < -0.3 is 46.1 Å². The van der Waals surface area contributed by atoms with Crippen molar-refractivity contribution < 1.29 is 38.1 Å². The number of ether oxygens (including phenoxy) is 2. The van der Waals surface area contributed by atoms with Gasteiger partial charge in [0.15, 0.2) is 5.65 Å². The first kappa shape index (κ1) is 60.6. The third kappa shape index (κ3) is 17.0. The third-order valence-corrected chi connectivity index (χ3v) is 15.0. The van der Waals surface area contributed by atoms with Crippen LogP contribution in [0, 0.1) is 32.0 Å². The van der Waals surface area contributed by atoms with Gasteiger partial charge in [0.2, 0.25) is 23.7 Å².